The van der Waals surface area contributed by atoms with Crippen LogP contribution in [0.25, 0.3) is 0 Å². The molecule has 35 heavy (non-hydrogen) atoms. The van der Waals surface area contributed by atoms with E-state index < -0.39 is 5.92 Å². The lowest BCUT2D eigenvalue weighted by Gasteiger charge is -2.30. The maximum atomic E-state index is 14.0. The molecule has 7 heteroatoms. The van der Waals surface area contributed by atoms with Crippen LogP contribution in [-0.2, 0) is 32.7 Å². The van der Waals surface area contributed by atoms with Crippen molar-refractivity contribution in [2.24, 2.45) is 7.05 Å². The average Bonchev–Trinajstić information content (AvgIpc) is 3.29. The highest BCUT2D eigenvalue weighted by Crippen LogP contribution is 2.27. The fourth-order valence-corrected chi connectivity index (χ4v) is 4.03. The fourth-order valence-electron chi connectivity index (χ4n) is 4.03. The van der Waals surface area contributed by atoms with Crippen molar-refractivity contribution in [3.8, 4) is 0 Å². The molecule has 0 saturated heterocycles. The molecule has 0 fully saturated rings. The monoisotopic (exact) mass is 477 g/mol. The molecule has 1 heterocycles. The van der Waals surface area contributed by atoms with E-state index >= 15 is 0 Å². The minimum absolute atomic E-state index is 0.0352. The predicted molar refractivity (Wildman–Crippen MR) is 136 cm³/mol. The Morgan fingerprint density at radius 1 is 0.800 bits per heavy atom. The van der Waals surface area contributed by atoms with Crippen molar-refractivity contribution >= 4 is 11.8 Å². The summed E-state index contributed by atoms with van der Waals surface area (Å²) in [5.74, 6) is -0.770. The lowest BCUT2D eigenvalue weighted by atomic mass is 9.90. The Balaban J connectivity index is 1.87. The van der Waals surface area contributed by atoms with E-state index in [0.29, 0.717) is 32.8 Å². The molecule has 0 bridgehead atoms. The van der Waals surface area contributed by atoms with Crippen LogP contribution in [0.4, 0.5) is 0 Å². The van der Waals surface area contributed by atoms with E-state index in [4.69, 9.17) is 9.47 Å². The third-order valence-electron chi connectivity index (χ3n) is 6.04. The summed E-state index contributed by atoms with van der Waals surface area (Å²) < 4.78 is 12.5. The number of amides is 2. The molecule has 2 aromatic carbocycles. The van der Waals surface area contributed by atoms with Gasteiger partial charge in [-0.25, -0.2) is 0 Å². The summed E-state index contributed by atoms with van der Waals surface area (Å²) in [5.41, 5.74) is 2.79. The first-order valence-corrected chi connectivity index (χ1v) is 11.8. The number of aryl methyl sites for hydroxylation is 1. The van der Waals surface area contributed by atoms with Crippen molar-refractivity contribution in [3.63, 3.8) is 0 Å². The summed E-state index contributed by atoms with van der Waals surface area (Å²) in [4.78, 5) is 30.8. The van der Waals surface area contributed by atoms with Crippen LogP contribution in [0.2, 0.25) is 0 Å². The molecule has 0 aliphatic rings. The van der Waals surface area contributed by atoms with Crippen LogP contribution in [-0.4, -0.2) is 73.2 Å². The van der Waals surface area contributed by atoms with Crippen LogP contribution < -0.4 is 0 Å². The van der Waals surface area contributed by atoms with Crippen molar-refractivity contribution in [3.05, 3.63) is 95.8 Å². The van der Waals surface area contributed by atoms with Gasteiger partial charge in [0.1, 0.15) is 0 Å². The van der Waals surface area contributed by atoms with Gasteiger partial charge in [0.25, 0.3) is 0 Å². The number of rotatable bonds is 13. The first-order chi connectivity index (χ1) is 17.0. The van der Waals surface area contributed by atoms with E-state index in [2.05, 4.69) is 0 Å². The Kier molecular flexibility index (Phi) is 10.1. The molecule has 3 rings (SSSR count). The summed E-state index contributed by atoms with van der Waals surface area (Å²) >= 11 is 0. The first-order valence-electron chi connectivity index (χ1n) is 11.8. The minimum atomic E-state index is -0.512. The van der Waals surface area contributed by atoms with Gasteiger partial charge in [0.2, 0.25) is 11.8 Å². The molecule has 0 unspecified atom stereocenters. The van der Waals surface area contributed by atoms with Gasteiger partial charge in [0, 0.05) is 46.2 Å². The zero-order valence-electron chi connectivity index (χ0n) is 20.8. The summed E-state index contributed by atoms with van der Waals surface area (Å²) in [6.07, 6.45) is 1.95. The summed E-state index contributed by atoms with van der Waals surface area (Å²) in [5, 5.41) is 0. The van der Waals surface area contributed by atoms with E-state index in [1.54, 1.807) is 24.0 Å². The Hall–Kier alpha value is -3.42. The highest BCUT2D eigenvalue weighted by Gasteiger charge is 2.30. The topological polar surface area (TPSA) is 64.0 Å². The van der Waals surface area contributed by atoms with Gasteiger partial charge in [-0.05, 0) is 23.3 Å². The molecular formula is C28H35N3O4. The molecule has 0 radical (unpaired) electrons. The minimum Gasteiger partial charge on any atom is -0.383 e. The Bertz CT molecular complexity index is 1010. The summed E-state index contributed by atoms with van der Waals surface area (Å²) in [7, 11) is 5.16. The van der Waals surface area contributed by atoms with Crippen molar-refractivity contribution in [1.29, 1.82) is 0 Å². The van der Waals surface area contributed by atoms with Crippen molar-refractivity contribution in [2.75, 3.05) is 47.1 Å². The van der Waals surface area contributed by atoms with Crippen molar-refractivity contribution < 1.29 is 19.1 Å². The lowest BCUT2D eigenvalue weighted by molar-refractivity contribution is -0.142. The second kappa shape index (κ2) is 13.5. The second-order valence-corrected chi connectivity index (χ2v) is 8.43. The quantitative estimate of drug-likeness (QED) is 0.379. The van der Waals surface area contributed by atoms with Gasteiger partial charge in [-0.15, -0.1) is 0 Å². The number of methoxy groups -OCH3 is 2. The number of nitrogens with zero attached hydrogens (tertiary/aromatic N) is 3. The van der Waals surface area contributed by atoms with Gasteiger partial charge in [0.05, 0.1) is 32.2 Å². The Morgan fingerprint density at radius 3 is 1.83 bits per heavy atom. The van der Waals surface area contributed by atoms with E-state index in [0.717, 1.165) is 16.8 Å². The standard InChI is InChI=1S/C28H35N3O4/c1-29-16-10-15-25(29)21-30(17-19-34-2)26(32)22-31(18-20-35-3)28(33)27(23-11-6-4-7-12-23)24-13-8-5-9-14-24/h4-16,27H,17-22H2,1-3H3. The highest BCUT2D eigenvalue weighted by molar-refractivity contribution is 5.91. The molecule has 0 spiro atoms. The number of benzene rings is 2. The fraction of sp³-hybridized carbons (Fsp3) is 0.357. The Morgan fingerprint density at radius 2 is 1.34 bits per heavy atom. The average molecular weight is 478 g/mol. The van der Waals surface area contributed by atoms with Gasteiger partial charge in [-0.3, -0.25) is 9.59 Å². The largest absolute Gasteiger partial charge is 0.383 e. The predicted octanol–water partition coefficient (Wildman–Crippen LogP) is 3.31. The molecule has 0 atom stereocenters. The highest BCUT2D eigenvalue weighted by atomic mass is 16.5. The van der Waals surface area contributed by atoms with Crippen LogP contribution >= 0.6 is 0 Å². The molecular weight excluding hydrogens is 442 g/mol. The van der Waals surface area contributed by atoms with Crippen LogP contribution in [0.15, 0.2) is 79.0 Å². The molecule has 1 aromatic heterocycles. The van der Waals surface area contributed by atoms with E-state index in [1.165, 1.54) is 0 Å². The summed E-state index contributed by atoms with van der Waals surface area (Å²) in [6, 6.07) is 23.3. The molecule has 7 nitrogen and oxygen atoms in total. The van der Waals surface area contributed by atoms with Gasteiger partial charge in [0.15, 0.2) is 0 Å². The number of carbonyl (C=O) groups excluding carboxylic acids is 2. The molecule has 2 amide bonds. The number of ether oxygens (including phenoxy) is 2. The second-order valence-electron chi connectivity index (χ2n) is 8.43. The lowest BCUT2D eigenvalue weighted by Crippen LogP contribution is -2.46. The molecule has 0 saturated carbocycles. The number of hydrogen-bond donors (Lipinski definition) is 0. The van der Waals surface area contributed by atoms with E-state index in [-0.39, 0.29) is 18.4 Å². The maximum Gasteiger partial charge on any atom is 0.242 e. The van der Waals surface area contributed by atoms with Gasteiger partial charge in [-0.1, -0.05) is 60.7 Å². The number of hydrogen-bond acceptors (Lipinski definition) is 4. The first kappa shape index (κ1) is 26.2. The van der Waals surface area contributed by atoms with Crippen LogP contribution in [0.3, 0.4) is 0 Å². The van der Waals surface area contributed by atoms with Crippen molar-refractivity contribution in [2.45, 2.75) is 12.5 Å². The third-order valence-corrected chi connectivity index (χ3v) is 6.04. The Labute approximate surface area is 207 Å². The molecule has 0 aliphatic carbocycles. The normalized spacial score (nSPS) is 11.0. The third kappa shape index (κ3) is 7.28. The molecule has 186 valence electrons. The smallest absolute Gasteiger partial charge is 0.242 e. The van der Waals surface area contributed by atoms with E-state index in [1.807, 2.05) is 90.6 Å². The van der Waals surface area contributed by atoms with Gasteiger partial charge < -0.3 is 23.8 Å². The maximum absolute atomic E-state index is 14.0. The van der Waals surface area contributed by atoms with Gasteiger partial charge >= 0.3 is 0 Å². The van der Waals surface area contributed by atoms with Crippen LogP contribution in [0.5, 0.6) is 0 Å². The molecule has 0 aliphatic heterocycles. The van der Waals surface area contributed by atoms with Crippen LogP contribution in [0, 0.1) is 0 Å². The summed E-state index contributed by atoms with van der Waals surface area (Å²) in [6.45, 7) is 1.92. The zero-order chi connectivity index (χ0) is 25.0. The van der Waals surface area contributed by atoms with Crippen LogP contribution in [0.1, 0.15) is 22.7 Å². The molecule has 0 N–H and O–H groups in total. The number of carbonyl (C=O) groups is 2. The number of aromatic nitrogens is 1. The molecule has 3 aromatic rings. The van der Waals surface area contributed by atoms with Gasteiger partial charge in [-0.2, -0.15) is 0 Å². The van der Waals surface area contributed by atoms with Crippen molar-refractivity contribution in [1.82, 2.24) is 14.4 Å². The van der Waals surface area contributed by atoms with E-state index in [9.17, 15) is 9.59 Å². The SMILES string of the molecule is COCCN(Cc1cccn1C)C(=O)CN(CCOC)C(=O)C(c1ccccc1)c1ccccc1. The zero-order valence-corrected chi connectivity index (χ0v) is 20.8.